The number of nitrogens with one attached hydrogen (secondary N) is 1. The van der Waals surface area contributed by atoms with E-state index in [1.165, 1.54) is 0 Å². The predicted molar refractivity (Wildman–Crippen MR) is 165 cm³/mol. The van der Waals surface area contributed by atoms with Gasteiger partial charge in [-0.2, -0.15) is 4.98 Å². The zero-order valence-electron chi connectivity index (χ0n) is 24.8. The number of aryl methyl sites for hydroxylation is 3. The Kier molecular flexibility index (Phi) is 8.14. The first-order valence-electron chi connectivity index (χ1n) is 14.6. The van der Waals surface area contributed by atoms with Gasteiger partial charge in [0.15, 0.2) is 11.6 Å². The highest BCUT2D eigenvalue weighted by atomic mass is 16.5. The highest BCUT2D eigenvalue weighted by Gasteiger charge is 2.18. The average Bonchev–Trinajstić information content (AvgIpc) is 3.67. The molecule has 0 unspecified atom stereocenters. The maximum Gasteiger partial charge on any atom is 0.439 e. The fourth-order valence-electron chi connectivity index (χ4n) is 5.36. The van der Waals surface area contributed by atoms with E-state index in [9.17, 15) is 9.59 Å². The monoisotopic (exact) mass is 588 g/mol. The van der Waals surface area contributed by atoms with Crippen LogP contribution in [0.4, 0.5) is 0 Å². The number of rotatable bonds is 10. The fraction of sp³-hybridized carbons (Fsp3) is 0.235. The summed E-state index contributed by atoms with van der Waals surface area (Å²) >= 11 is 0. The van der Waals surface area contributed by atoms with Gasteiger partial charge in [-0.05, 0) is 48.1 Å². The molecule has 44 heavy (non-hydrogen) atoms. The number of nitrogens with zero attached hydrogens (tertiary/aromatic N) is 5. The van der Waals surface area contributed by atoms with E-state index in [2.05, 4.69) is 46.3 Å². The molecule has 0 amide bonds. The summed E-state index contributed by atoms with van der Waals surface area (Å²) < 4.78 is 12.0. The van der Waals surface area contributed by atoms with Gasteiger partial charge in [0, 0.05) is 29.7 Å². The second kappa shape index (κ2) is 12.5. The Bertz CT molecular complexity index is 2030. The molecule has 6 aromatic rings. The molecule has 10 heteroatoms. The second-order valence-corrected chi connectivity index (χ2v) is 10.8. The highest BCUT2D eigenvalue weighted by Crippen LogP contribution is 2.30. The van der Waals surface area contributed by atoms with Gasteiger partial charge in [0.05, 0.1) is 13.0 Å². The van der Waals surface area contributed by atoms with Crippen molar-refractivity contribution < 1.29 is 9.05 Å². The van der Waals surface area contributed by atoms with Crippen molar-refractivity contribution in [2.24, 2.45) is 0 Å². The molecule has 0 bridgehead atoms. The van der Waals surface area contributed by atoms with Crippen LogP contribution in [-0.2, 0) is 25.8 Å². The Morgan fingerprint density at radius 1 is 0.818 bits per heavy atom. The first-order chi connectivity index (χ1) is 21.4. The largest absolute Gasteiger partial charge is 0.439 e. The summed E-state index contributed by atoms with van der Waals surface area (Å²) in [6.07, 6.45) is 2.31. The van der Waals surface area contributed by atoms with Crippen LogP contribution in [0.25, 0.3) is 22.5 Å². The summed E-state index contributed by atoms with van der Waals surface area (Å²) in [5, 5.41) is 8.01. The molecule has 222 valence electrons. The van der Waals surface area contributed by atoms with Gasteiger partial charge >= 0.3 is 5.76 Å². The van der Waals surface area contributed by atoms with Crippen molar-refractivity contribution in [3.63, 3.8) is 0 Å². The zero-order chi connectivity index (χ0) is 30.6. The summed E-state index contributed by atoms with van der Waals surface area (Å²) in [5.41, 5.74) is 6.95. The molecule has 0 fully saturated rings. The molecule has 6 rings (SSSR count). The molecule has 3 heterocycles. The molecule has 0 saturated carbocycles. The van der Waals surface area contributed by atoms with E-state index in [1.807, 2.05) is 67.6 Å². The second-order valence-electron chi connectivity index (χ2n) is 10.8. The summed E-state index contributed by atoms with van der Waals surface area (Å²) in [6.45, 7) is 6.36. The molecular weight excluding hydrogens is 556 g/mol. The maximum absolute atomic E-state index is 13.9. The molecular formula is C34H32N6O4. The third kappa shape index (κ3) is 6.05. The van der Waals surface area contributed by atoms with Gasteiger partial charge in [-0.1, -0.05) is 90.0 Å². The Balaban J connectivity index is 1.27. The minimum absolute atomic E-state index is 0.107. The summed E-state index contributed by atoms with van der Waals surface area (Å²) in [5.74, 6) is 1.48. The molecule has 0 aliphatic heterocycles. The lowest BCUT2D eigenvalue weighted by Gasteiger charge is -2.16. The summed E-state index contributed by atoms with van der Waals surface area (Å²) in [7, 11) is 0. The molecule has 1 N–H and O–H groups in total. The van der Waals surface area contributed by atoms with Gasteiger partial charge < -0.3 is 4.52 Å². The lowest BCUT2D eigenvalue weighted by atomic mass is 9.98. The topological polar surface area (TPSA) is 133 Å². The van der Waals surface area contributed by atoms with Crippen LogP contribution in [0.15, 0.2) is 91.4 Å². The van der Waals surface area contributed by atoms with Crippen LogP contribution >= 0.6 is 0 Å². The number of hydrogen-bond acceptors (Lipinski definition) is 8. The molecule has 3 aromatic carbocycles. The van der Waals surface area contributed by atoms with Crippen LogP contribution in [0.2, 0.25) is 0 Å². The quantitative estimate of drug-likeness (QED) is 0.224. The first-order valence-corrected chi connectivity index (χ1v) is 14.6. The highest BCUT2D eigenvalue weighted by molar-refractivity contribution is 5.80. The van der Waals surface area contributed by atoms with Crippen molar-refractivity contribution >= 4 is 0 Å². The Hall–Kier alpha value is -5.38. The number of benzene rings is 3. The van der Waals surface area contributed by atoms with Crippen molar-refractivity contribution in [3.8, 4) is 22.5 Å². The van der Waals surface area contributed by atoms with Gasteiger partial charge in [0.25, 0.3) is 5.56 Å². The van der Waals surface area contributed by atoms with Crippen molar-refractivity contribution in [1.29, 1.82) is 0 Å². The average molecular weight is 589 g/mol. The standard InChI is InChI=1S/C34H32N6O4/c1-4-9-30-35-22(3)28(19-31-36-29(38-43-31)18-25-11-6-5-10-21(25)2)33(41)40(30)20-23-14-16-24(17-15-23)26-12-7-8-13-27(26)32-37-34(42)44-39-32/h5-8,10-17H,4,9,18-20H2,1-3H3,(H,37,39,42). The molecule has 0 aliphatic rings. The van der Waals surface area contributed by atoms with Gasteiger partial charge in [-0.15, -0.1) is 0 Å². The van der Waals surface area contributed by atoms with E-state index in [-0.39, 0.29) is 12.0 Å². The van der Waals surface area contributed by atoms with Gasteiger partial charge in [0.1, 0.15) is 5.82 Å². The van der Waals surface area contributed by atoms with E-state index in [0.29, 0.717) is 48.2 Å². The van der Waals surface area contributed by atoms with E-state index >= 15 is 0 Å². The lowest BCUT2D eigenvalue weighted by molar-refractivity contribution is 0.379. The maximum atomic E-state index is 13.9. The van der Waals surface area contributed by atoms with Crippen molar-refractivity contribution in [2.75, 3.05) is 0 Å². The SMILES string of the molecule is CCCc1nc(C)c(Cc2nc(Cc3ccccc3C)no2)c(=O)n1Cc1ccc(-c2ccccc2-c2noc(=O)[nH]2)cc1. The molecule has 0 atom stereocenters. The predicted octanol–water partition coefficient (Wildman–Crippen LogP) is 5.44. The smallest absolute Gasteiger partial charge is 0.339 e. The summed E-state index contributed by atoms with van der Waals surface area (Å²) in [6, 6.07) is 23.7. The summed E-state index contributed by atoms with van der Waals surface area (Å²) in [4.78, 5) is 37.5. The minimum atomic E-state index is -0.605. The van der Waals surface area contributed by atoms with E-state index < -0.39 is 5.76 Å². The third-order valence-corrected chi connectivity index (χ3v) is 7.70. The molecule has 0 saturated heterocycles. The number of aromatic amines is 1. The van der Waals surface area contributed by atoms with E-state index in [1.54, 1.807) is 4.57 Å². The number of hydrogen-bond donors (Lipinski definition) is 1. The van der Waals surface area contributed by atoms with Crippen molar-refractivity contribution in [3.05, 3.63) is 139 Å². The lowest BCUT2D eigenvalue weighted by Crippen LogP contribution is -2.30. The van der Waals surface area contributed by atoms with E-state index in [4.69, 9.17) is 14.0 Å². The minimum Gasteiger partial charge on any atom is -0.339 e. The molecule has 0 spiro atoms. The molecule has 10 nitrogen and oxygen atoms in total. The Labute approximate surface area is 253 Å². The van der Waals surface area contributed by atoms with Crippen LogP contribution in [0, 0.1) is 13.8 Å². The van der Waals surface area contributed by atoms with Gasteiger partial charge in [0.2, 0.25) is 5.89 Å². The first kappa shape index (κ1) is 28.7. The fourth-order valence-corrected chi connectivity index (χ4v) is 5.36. The van der Waals surface area contributed by atoms with Crippen molar-refractivity contribution in [2.45, 2.75) is 53.0 Å². The Morgan fingerprint density at radius 3 is 2.30 bits per heavy atom. The van der Waals surface area contributed by atoms with Crippen LogP contribution in [0.5, 0.6) is 0 Å². The Morgan fingerprint density at radius 2 is 1.57 bits per heavy atom. The van der Waals surface area contributed by atoms with Crippen molar-refractivity contribution in [1.82, 2.24) is 29.8 Å². The van der Waals surface area contributed by atoms with Gasteiger partial charge in [-0.3, -0.25) is 18.9 Å². The van der Waals surface area contributed by atoms with Crippen LogP contribution in [0.3, 0.4) is 0 Å². The molecule has 0 aliphatic carbocycles. The van der Waals surface area contributed by atoms with Crippen LogP contribution in [0.1, 0.15) is 58.8 Å². The number of H-pyrrole nitrogens is 1. The zero-order valence-corrected chi connectivity index (χ0v) is 24.8. The normalized spacial score (nSPS) is 11.2. The molecule has 0 radical (unpaired) electrons. The van der Waals surface area contributed by atoms with Crippen LogP contribution in [-0.4, -0.2) is 29.8 Å². The number of aromatic nitrogens is 6. The van der Waals surface area contributed by atoms with E-state index in [0.717, 1.165) is 45.6 Å². The van der Waals surface area contributed by atoms with Gasteiger partial charge in [-0.25, -0.2) is 9.78 Å². The third-order valence-electron chi connectivity index (χ3n) is 7.70. The van der Waals surface area contributed by atoms with Crippen LogP contribution < -0.4 is 11.3 Å². The molecule has 3 aromatic heterocycles.